The molecule has 0 radical (unpaired) electrons. The predicted octanol–water partition coefficient (Wildman–Crippen LogP) is 14.8. The van der Waals surface area contributed by atoms with Crippen molar-refractivity contribution in [3.8, 4) is 0 Å². The molecular weight excluding hydrogens is 725 g/mol. The highest BCUT2D eigenvalue weighted by molar-refractivity contribution is 7.26. The summed E-state index contributed by atoms with van der Waals surface area (Å²) >= 11 is 1.98. The Labute approximate surface area is 345 Å². The Morgan fingerprint density at radius 2 is 1.67 bits per heavy atom. The molecule has 1 unspecified atom stereocenters. The van der Waals surface area contributed by atoms with Crippen molar-refractivity contribution in [3.05, 3.63) is 179 Å². The van der Waals surface area contributed by atoms with Gasteiger partial charge in [-0.15, -0.1) is 11.3 Å². The topological polar surface area (TPSA) is 28.4 Å². The van der Waals surface area contributed by atoms with Crippen LogP contribution in [0.25, 0.3) is 48.9 Å². The first-order valence-corrected chi connectivity index (χ1v) is 22.1. The second kappa shape index (κ2) is 14.8. The van der Waals surface area contributed by atoms with E-state index in [1.54, 1.807) is 5.57 Å². The van der Waals surface area contributed by atoms with Crippen molar-refractivity contribution in [3.63, 3.8) is 0 Å². The predicted molar refractivity (Wildman–Crippen MR) is 249 cm³/mol. The summed E-state index contributed by atoms with van der Waals surface area (Å²) in [4.78, 5) is 2.64. The number of furan rings is 1. The Morgan fingerprint density at radius 3 is 2.50 bits per heavy atom. The van der Waals surface area contributed by atoms with E-state index in [1.807, 2.05) is 11.3 Å². The van der Waals surface area contributed by atoms with Crippen LogP contribution in [0.15, 0.2) is 150 Å². The van der Waals surface area contributed by atoms with Crippen LogP contribution < -0.4 is 10.2 Å². The van der Waals surface area contributed by atoms with Crippen LogP contribution in [0.4, 0.5) is 17.1 Å². The lowest BCUT2D eigenvalue weighted by atomic mass is 9.77. The van der Waals surface area contributed by atoms with Crippen molar-refractivity contribution >= 4 is 77.3 Å². The first-order valence-electron chi connectivity index (χ1n) is 21.3. The summed E-state index contributed by atoms with van der Waals surface area (Å²) in [5, 5.41) is 7.51. The number of para-hydroxylation sites is 1. The highest BCUT2D eigenvalue weighted by Crippen LogP contribution is 2.51. The number of anilines is 3. The van der Waals surface area contributed by atoms with Crippen molar-refractivity contribution in [2.75, 3.05) is 16.8 Å². The van der Waals surface area contributed by atoms with Gasteiger partial charge in [-0.3, -0.25) is 0 Å². The monoisotopic (exact) mass is 772 g/mol. The van der Waals surface area contributed by atoms with Gasteiger partial charge in [0.1, 0.15) is 5.58 Å². The fourth-order valence-corrected chi connectivity index (χ4v) is 11.5. The molecule has 1 saturated carbocycles. The molecule has 5 aromatic carbocycles. The van der Waals surface area contributed by atoms with Gasteiger partial charge in [-0.05, 0) is 127 Å². The SMILES string of the molecule is CC1C=Cc2c(cc3c(sc4cccc(C(Cc5ccc6c7c(oc6c5)C=CCN7)=C5CCC(c6ccccc6)CC5)c43)c2N(c2ccccc2)[C@H]2C=CC=CC2)C1. The molecule has 1 N–H and O–H groups in total. The molecule has 0 bridgehead atoms. The molecule has 58 heavy (non-hydrogen) atoms. The van der Waals surface area contributed by atoms with Crippen LogP contribution in [0, 0.1) is 5.92 Å². The lowest BCUT2D eigenvalue weighted by Crippen LogP contribution is -2.31. The quantitative estimate of drug-likeness (QED) is 0.175. The van der Waals surface area contributed by atoms with Crippen LogP contribution in [0.2, 0.25) is 0 Å². The summed E-state index contributed by atoms with van der Waals surface area (Å²) in [5.74, 6) is 2.03. The Bertz CT molecular complexity index is 2840. The van der Waals surface area contributed by atoms with Crippen LogP contribution in [0.1, 0.15) is 78.5 Å². The van der Waals surface area contributed by atoms with Gasteiger partial charge in [0, 0.05) is 38.7 Å². The van der Waals surface area contributed by atoms with Gasteiger partial charge < -0.3 is 14.6 Å². The fourth-order valence-electron chi connectivity index (χ4n) is 10.2. The van der Waals surface area contributed by atoms with E-state index < -0.39 is 0 Å². The zero-order chi connectivity index (χ0) is 38.6. The van der Waals surface area contributed by atoms with Crippen molar-refractivity contribution in [2.24, 2.45) is 5.92 Å². The molecule has 3 nitrogen and oxygen atoms in total. The number of thiophene rings is 1. The number of rotatable bonds is 7. The van der Waals surface area contributed by atoms with Crippen LogP contribution in [-0.2, 0) is 12.8 Å². The number of allylic oxidation sites excluding steroid dienone is 5. The number of nitrogens with zero attached hydrogens (tertiary/aromatic N) is 1. The van der Waals surface area contributed by atoms with E-state index in [0.29, 0.717) is 11.8 Å². The largest absolute Gasteiger partial charge is 0.454 e. The summed E-state index contributed by atoms with van der Waals surface area (Å²) in [5.41, 5.74) is 14.8. The Balaban J connectivity index is 1.11. The van der Waals surface area contributed by atoms with E-state index in [2.05, 4.69) is 169 Å². The summed E-state index contributed by atoms with van der Waals surface area (Å²) in [6, 6.07) is 39.1. The van der Waals surface area contributed by atoms with Crippen LogP contribution in [-0.4, -0.2) is 12.6 Å². The van der Waals surface area contributed by atoms with Crippen LogP contribution >= 0.6 is 11.3 Å². The molecule has 0 saturated heterocycles. The molecule has 4 aliphatic rings. The lowest BCUT2D eigenvalue weighted by molar-refractivity contribution is 0.517. The maximum absolute atomic E-state index is 6.44. The third kappa shape index (κ3) is 6.26. The van der Waals surface area contributed by atoms with Gasteiger partial charge in [-0.25, -0.2) is 0 Å². The number of benzene rings is 5. The number of fused-ring (bicyclic) bond motifs is 7. The summed E-state index contributed by atoms with van der Waals surface area (Å²) < 4.78 is 9.19. The van der Waals surface area contributed by atoms with E-state index in [0.717, 1.165) is 55.7 Å². The smallest absolute Gasteiger partial charge is 0.151 e. The molecular formula is C54H48N2OS. The van der Waals surface area contributed by atoms with Gasteiger partial charge in [0.2, 0.25) is 0 Å². The highest BCUT2D eigenvalue weighted by atomic mass is 32.1. The molecule has 3 heterocycles. The Morgan fingerprint density at radius 1 is 0.828 bits per heavy atom. The fraction of sp³-hybridized carbons (Fsp3) is 0.222. The minimum absolute atomic E-state index is 0.227. The molecule has 1 fully saturated rings. The highest BCUT2D eigenvalue weighted by Gasteiger charge is 2.30. The van der Waals surface area contributed by atoms with Crippen molar-refractivity contribution in [1.29, 1.82) is 0 Å². The second-order valence-electron chi connectivity index (χ2n) is 16.7. The van der Waals surface area contributed by atoms with Crippen molar-refractivity contribution < 1.29 is 4.42 Å². The molecule has 0 amide bonds. The number of hydrogen-bond donors (Lipinski definition) is 1. The lowest BCUT2D eigenvalue weighted by Gasteiger charge is -2.35. The normalized spacial score (nSPS) is 19.7. The minimum Gasteiger partial charge on any atom is -0.454 e. The molecule has 0 spiro atoms. The number of nitrogens with one attached hydrogen (secondary N) is 1. The van der Waals surface area contributed by atoms with Gasteiger partial charge in [0.25, 0.3) is 0 Å². The van der Waals surface area contributed by atoms with Gasteiger partial charge >= 0.3 is 0 Å². The second-order valence-corrected chi connectivity index (χ2v) is 17.8. The van der Waals surface area contributed by atoms with Gasteiger partial charge in [-0.2, -0.15) is 0 Å². The zero-order valence-corrected chi connectivity index (χ0v) is 33.9. The van der Waals surface area contributed by atoms with Crippen LogP contribution in [0.5, 0.6) is 0 Å². The van der Waals surface area contributed by atoms with Gasteiger partial charge in [-0.1, -0.05) is 122 Å². The Kier molecular flexibility index (Phi) is 9.04. The summed E-state index contributed by atoms with van der Waals surface area (Å²) in [6.07, 6.45) is 25.7. The van der Waals surface area contributed by atoms with Crippen molar-refractivity contribution in [1.82, 2.24) is 0 Å². The molecule has 2 atom stereocenters. The van der Waals surface area contributed by atoms with Crippen molar-refractivity contribution in [2.45, 2.75) is 63.8 Å². The number of hydrogen-bond acceptors (Lipinski definition) is 4. The third-order valence-corrected chi connectivity index (χ3v) is 14.2. The third-order valence-electron chi connectivity index (χ3n) is 13.0. The maximum atomic E-state index is 6.44. The molecule has 3 aliphatic carbocycles. The maximum Gasteiger partial charge on any atom is 0.151 e. The van der Waals surface area contributed by atoms with E-state index in [9.17, 15) is 0 Å². The molecule has 11 rings (SSSR count). The molecule has 2 aromatic heterocycles. The van der Waals surface area contributed by atoms with E-state index >= 15 is 0 Å². The average Bonchev–Trinajstić information content (AvgIpc) is 3.84. The molecule has 1 aliphatic heterocycles. The molecule has 286 valence electrons. The van der Waals surface area contributed by atoms with Crippen LogP contribution in [0.3, 0.4) is 0 Å². The van der Waals surface area contributed by atoms with Gasteiger partial charge in [0.15, 0.2) is 5.76 Å². The van der Waals surface area contributed by atoms with E-state index in [1.165, 1.54) is 83.2 Å². The zero-order valence-electron chi connectivity index (χ0n) is 33.1. The summed E-state index contributed by atoms with van der Waals surface area (Å²) in [6.45, 7) is 3.19. The van der Waals surface area contributed by atoms with E-state index in [-0.39, 0.29) is 6.04 Å². The summed E-state index contributed by atoms with van der Waals surface area (Å²) in [7, 11) is 0. The first kappa shape index (κ1) is 35.3. The standard InChI is InChI=1S/C54H48N2OS/c1-35-22-28-43-40(31-35)34-47-51-44(19-11-21-50(51)58-54(47)53(43)56(41-15-7-3-8-16-41)42-17-9-4-10-18-42)46(39-26-24-38(25-27-39)37-13-5-2-6-14-37)32-36-23-29-45-49(33-36)57-48-20-12-30-55-52(45)48/h2-17,19-23,28-29,33-35,38,42,55H,18,24-27,30-32H2,1H3/t35?,38?,42-/m0/s1. The van der Waals surface area contributed by atoms with E-state index in [4.69, 9.17) is 4.42 Å². The first-order chi connectivity index (χ1) is 28.7. The minimum atomic E-state index is 0.227. The Hall–Kier alpha value is -5.84. The molecule has 7 aromatic rings. The van der Waals surface area contributed by atoms with Gasteiger partial charge in [0.05, 0.1) is 22.1 Å². The average molecular weight is 773 g/mol. The molecule has 4 heteroatoms.